The minimum atomic E-state index is -4.72. The monoisotopic (exact) mass is 369 g/mol. The van der Waals surface area contributed by atoms with Crippen molar-refractivity contribution >= 4 is 11.5 Å². The number of aryl methyl sites for hydroxylation is 1. The van der Waals surface area contributed by atoms with Gasteiger partial charge in [0.25, 0.3) is 0 Å². The summed E-state index contributed by atoms with van der Waals surface area (Å²) in [4.78, 5) is 13.9. The van der Waals surface area contributed by atoms with Gasteiger partial charge in [0.1, 0.15) is 5.82 Å². The number of nitrogens with zero attached hydrogens (tertiary/aromatic N) is 1. The Hall–Kier alpha value is -2.41. The van der Waals surface area contributed by atoms with Gasteiger partial charge in [0.15, 0.2) is 11.9 Å². The number of likely N-dealkylation sites (N-methyl/N-ethyl adjacent to an activating group) is 1. The third-order valence-corrected chi connectivity index (χ3v) is 4.05. The van der Waals surface area contributed by atoms with Crippen LogP contribution in [0.3, 0.4) is 0 Å². The topological polar surface area (TPSA) is 40.5 Å². The summed E-state index contributed by atoms with van der Waals surface area (Å²) < 4.78 is 51.2. The Bertz CT molecular complexity index is 789. The number of hydrogen-bond donors (Lipinski definition) is 1. The molecule has 140 valence electrons. The van der Waals surface area contributed by atoms with Crippen LogP contribution in [0.2, 0.25) is 0 Å². The molecule has 2 rings (SSSR count). The second kappa shape index (κ2) is 7.86. The largest absolute Gasteiger partial charge is 0.416 e. The summed E-state index contributed by atoms with van der Waals surface area (Å²) in [6.07, 6.45) is -7.20. The number of halogens is 4. The van der Waals surface area contributed by atoms with Crippen molar-refractivity contribution in [2.75, 3.05) is 18.0 Å². The van der Waals surface area contributed by atoms with Crippen LogP contribution in [-0.4, -0.2) is 36.3 Å². The highest BCUT2D eigenvalue weighted by molar-refractivity contribution is 6.09. The molecule has 2 aromatic carbocycles. The van der Waals surface area contributed by atoms with E-state index in [1.807, 2.05) is 0 Å². The van der Waals surface area contributed by atoms with Crippen molar-refractivity contribution in [2.45, 2.75) is 26.1 Å². The highest BCUT2D eigenvalue weighted by Gasteiger charge is 2.39. The van der Waals surface area contributed by atoms with E-state index in [-0.39, 0.29) is 17.9 Å². The van der Waals surface area contributed by atoms with Crippen LogP contribution in [0, 0.1) is 12.7 Å². The van der Waals surface area contributed by atoms with E-state index in [2.05, 4.69) is 0 Å². The van der Waals surface area contributed by atoms with Gasteiger partial charge in [-0.15, -0.1) is 0 Å². The molecule has 0 spiro atoms. The van der Waals surface area contributed by atoms with Crippen molar-refractivity contribution in [2.24, 2.45) is 0 Å². The van der Waals surface area contributed by atoms with Crippen LogP contribution in [0.5, 0.6) is 0 Å². The molecule has 1 unspecified atom stereocenters. The van der Waals surface area contributed by atoms with Crippen molar-refractivity contribution in [3.8, 4) is 0 Å². The fourth-order valence-electron chi connectivity index (χ4n) is 2.53. The third kappa shape index (κ3) is 4.60. The zero-order valence-corrected chi connectivity index (χ0v) is 14.3. The van der Waals surface area contributed by atoms with Gasteiger partial charge < -0.3 is 10.0 Å². The molecule has 26 heavy (non-hydrogen) atoms. The number of aliphatic hydroxyl groups is 1. The summed E-state index contributed by atoms with van der Waals surface area (Å²) >= 11 is 0. The van der Waals surface area contributed by atoms with Crippen molar-refractivity contribution < 1.29 is 27.5 Å². The van der Waals surface area contributed by atoms with Crippen molar-refractivity contribution in [3.05, 3.63) is 65.0 Å². The van der Waals surface area contributed by atoms with Gasteiger partial charge in [-0.2, -0.15) is 13.2 Å². The zero-order chi connectivity index (χ0) is 19.5. The fourth-order valence-corrected chi connectivity index (χ4v) is 2.53. The number of anilines is 1. The molecule has 0 bridgehead atoms. The van der Waals surface area contributed by atoms with Gasteiger partial charge in [-0.25, -0.2) is 4.39 Å². The molecule has 0 aliphatic heterocycles. The first-order valence-electron chi connectivity index (χ1n) is 8.04. The molecule has 0 amide bonds. The SMILES string of the molecule is CCN(CC(O)C(F)(F)F)c1cccc(C(=O)c2ccc(F)c(C)c2)c1. The van der Waals surface area contributed by atoms with E-state index in [0.717, 1.165) is 0 Å². The molecule has 0 radical (unpaired) electrons. The molecule has 0 heterocycles. The molecule has 0 saturated carbocycles. The first-order chi connectivity index (χ1) is 12.1. The molecule has 0 aliphatic rings. The van der Waals surface area contributed by atoms with Crippen LogP contribution in [0.4, 0.5) is 23.2 Å². The Balaban J connectivity index is 2.28. The molecular weight excluding hydrogens is 350 g/mol. The lowest BCUT2D eigenvalue weighted by Crippen LogP contribution is -2.41. The smallest absolute Gasteiger partial charge is 0.382 e. The van der Waals surface area contributed by atoms with Crippen LogP contribution < -0.4 is 4.90 Å². The maximum atomic E-state index is 13.4. The van der Waals surface area contributed by atoms with Gasteiger partial charge in [0.05, 0.1) is 6.54 Å². The van der Waals surface area contributed by atoms with E-state index in [1.165, 1.54) is 29.2 Å². The van der Waals surface area contributed by atoms with Crippen molar-refractivity contribution in [1.82, 2.24) is 0 Å². The molecular formula is C19H19F4NO2. The van der Waals surface area contributed by atoms with E-state index in [0.29, 0.717) is 16.8 Å². The summed E-state index contributed by atoms with van der Waals surface area (Å²) in [5.74, 6) is -0.782. The minimum Gasteiger partial charge on any atom is -0.382 e. The van der Waals surface area contributed by atoms with Gasteiger partial charge >= 0.3 is 6.18 Å². The van der Waals surface area contributed by atoms with E-state index in [9.17, 15) is 27.5 Å². The predicted octanol–water partition coefficient (Wildman–Crippen LogP) is 4.11. The Kier molecular flexibility index (Phi) is 6.02. The quantitative estimate of drug-likeness (QED) is 0.615. The van der Waals surface area contributed by atoms with E-state index >= 15 is 0 Å². The van der Waals surface area contributed by atoms with E-state index < -0.39 is 24.6 Å². The van der Waals surface area contributed by atoms with Crippen LogP contribution >= 0.6 is 0 Å². The number of rotatable bonds is 6. The molecule has 0 saturated heterocycles. The van der Waals surface area contributed by atoms with Gasteiger partial charge in [-0.3, -0.25) is 4.79 Å². The van der Waals surface area contributed by atoms with E-state index in [1.54, 1.807) is 32.0 Å². The molecule has 0 aromatic heterocycles. The maximum absolute atomic E-state index is 13.4. The fraction of sp³-hybridized carbons (Fsp3) is 0.316. The van der Waals surface area contributed by atoms with Crippen LogP contribution in [0.25, 0.3) is 0 Å². The van der Waals surface area contributed by atoms with Gasteiger partial charge in [-0.05, 0) is 49.7 Å². The number of aliphatic hydroxyl groups excluding tert-OH is 1. The lowest BCUT2D eigenvalue weighted by molar-refractivity contribution is -0.200. The molecule has 0 fully saturated rings. The second-order valence-electron chi connectivity index (χ2n) is 5.94. The predicted molar refractivity (Wildman–Crippen MR) is 91.0 cm³/mol. The molecule has 0 aliphatic carbocycles. The number of alkyl halides is 3. The average Bonchev–Trinajstić information content (AvgIpc) is 2.60. The molecule has 3 nitrogen and oxygen atoms in total. The first kappa shape index (κ1) is 19.9. The molecule has 7 heteroatoms. The Labute approximate surface area is 148 Å². The molecule has 1 N–H and O–H groups in total. The number of carbonyl (C=O) groups excluding carboxylic acids is 1. The Morgan fingerprint density at radius 1 is 1.15 bits per heavy atom. The average molecular weight is 369 g/mol. The maximum Gasteiger partial charge on any atom is 0.416 e. The highest BCUT2D eigenvalue weighted by atomic mass is 19.4. The summed E-state index contributed by atoms with van der Waals surface area (Å²) in [7, 11) is 0. The number of benzene rings is 2. The lowest BCUT2D eigenvalue weighted by Gasteiger charge is -2.27. The van der Waals surface area contributed by atoms with Crippen LogP contribution in [0.1, 0.15) is 28.4 Å². The minimum absolute atomic E-state index is 0.223. The Morgan fingerprint density at radius 3 is 2.38 bits per heavy atom. The third-order valence-electron chi connectivity index (χ3n) is 4.05. The standard InChI is InChI=1S/C19H19F4NO2/c1-3-24(11-17(25)19(21,22)23)15-6-4-5-13(10-15)18(26)14-7-8-16(20)12(2)9-14/h4-10,17,25H,3,11H2,1-2H3. The van der Waals surface area contributed by atoms with Crippen LogP contribution in [0.15, 0.2) is 42.5 Å². The van der Waals surface area contributed by atoms with Crippen molar-refractivity contribution in [1.29, 1.82) is 0 Å². The van der Waals surface area contributed by atoms with Crippen molar-refractivity contribution in [3.63, 3.8) is 0 Å². The number of hydrogen-bond acceptors (Lipinski definition) is 3. The summed E-state index contributed by atoms with van der Waals surface area (Å²) in [5.41, 5.74) is 1.28. The number of ketones is 1. The van der Waals surface area contributed by atoms with Crippen LogP contribution in [-0.2, 0) is 0 Å². The first-order valence-corrected chi connectivity index (χ1v) is 8.04. The molecule has 2 aromatic rings. The van der Waals surface area contributed by atoms with Gasteiger partial charge in [-0.1, -0.05) is 12.1 Å². The van der Waals surface area contributed by atoms with E-state index in [4.69, 9.17) is 0 Å². The normalized spacial score (nSPS) is 12.7. The Morgan fingerprint density at radius 2 is 1.81 bits per heavy atom. The van der Waals surface area contributed by atoms with Gasteiger partial charge in [0.2, 0.25) is 0 Å². The summed E-state index contributed by atoms with van der Waals surface area (Å²) in [6.45, 7) is 2.79. The lowest BCUT2D eigenvalue weighted by atomic mass is 10.0. The van der Waals surface area contributed by atoms with Gasteiger partial charge in [0, 0.05) is 23.4 Å². The summed E-state index contributed by atoms with van der Waals surface area (Å²) in [5, 5.41) is 9.29. The summed E-state index contributed by atoms with van der Waals surface area (Å²) in [6, 6.07) is 10.1. The number of carbonyl (C=O) groups is 1. The zero-order valence-electron chi connectivity index (χ0n) is 14.3. The molecule has 1 atom stereocenters. The highest BCUT2D eigenvalue weighted by Crippen LogP contribution is 2.24. The second-order valence-corrected chi connectivity index (χ2v) is 5.94.